The fraction of sp³-hybridized carbons (Fsp3) is 0.533. The molecule has 0 spiro atoms. The van der Waals surface area contributed by atoms with Crippen molar-refractivity contribution in [1.29, 1.82) is 0 Å². The summed E-state index contributed by atoms with van der Waals surface area (Å²) in [6.07, 6.45) is 0. The number of nitrogens with zero attached hydrogens (tertiary/aromatic N) is 1. The minimum Gasteiger partial charge on any atom is -0.486 e. The zero-order chi connectivity index (χ0) is 13.9. The van der Waals surface area contributed by atoms with E-state index in [0.29, 0.717) is 25.5 Å². The van der Waals surface area contributed by atoms with E-state index in [1.807, 2.05) is 19.1 Å². The van der Waals surface area contributed by atoms with Crippen LogP contribution in [0.1, 0.15) is 15.9 Å². The minimum atomic E-state index is 0.154. The van der Waals surface area contributed by atoms with Crippen molar-refractivity contribution in [3.8, 4) is 11.5 Å². The standard InChI is InChI=1S/C15H20N2O3/c1-11-8-14-15(20-7-6-19-14)9-12(11)13(18)10-17-4-2-16-3-5-17/h8-9,16H,2-7,10H2,1H3. The molecule has 2 aliphatic rings. The molecule has 1 aromatic rings. The van der Waals surface area contributed by atoms with Crippen molar-refractivity contribution < 1.29 is 14.3 Å². The van der Waals surface area contributed by atoms with Crippen LogP contribution in [0.5, 0.6) is 11.5 Å². The van der Waals surface area contributed by atoms with Crippen LogP contribution in [0.3, 0.4) is 0 Å². The Hall–Kier alpha value is -1.59. The number of piperazine rings is 1. The van der Waals surface area contributed by atoms with Crippen molar-refractivity contribution in [2.75, 3.05) is 45.9 Å². The van der Waals surface area contributed by atoms with E-state index in [9.17, 15) is 4.79 Å². The predicted octanol–water partition coefficient (Wildman–Crippen LogP) is 0.854. The molecule has 5 nitrogen and oxygen atoms in total. The fourth-order valence-corrected chi connectivity index (χ4v) is 2.65. The molecule has 2 aliphatic heterocycles. The average Bonchev–Trinajstić information content (AvgIpc) is 2.47. The first-order valence-electron chi connectivity index (χ1n) is 7.10. The van der Waals surface area contributed by atoms with E-state index in [0.717, 1.165) is 43.1 Å². The summed E-state index contributed by atoms with van der Waals surface area (Å²) in [6.45, 7) is 7.29. The molecule has 0 unspecified atom stereocenters. The fourth-order valence-electron chi connectivity index (χ4n) is 2.65. The summed E-state index contributed by atoms with van der Waals surface area (Å²) < 4.78 is 11.1. The number of hydrogen-bond acceptors (Lipinski definition) is 5. The Morgan fingerprint density at radius 2 is 1.85 bits per heavy atom. The minimum absolute atomic E-state index is 0.154. The monoisotopic (exact) mass is 276 g/mol. The van der Waals surface area contributed by atoms with E-state index < -0.39 is 0 Å². The van der Waals surface area contributed by atoms with Gasteiger partial charge in [-0.15, -0.1) is 0 Å². The van der Waals surface area contributed by atoms with Gasteiger partial charge in [0.2, 0.25) is 0 Å². The highest BCUT2D eigenvalue weighted by molar-refractivity contribution is 5.99. The van der Waals surface area contributed by atoms with Gasteiger partial charge in [-0.05, 0) is 24.6 Å². The lowest BCUT2D eigenvalue weighted by atomic mass is 10.0. The van der Waals surface area contributed by atoms with E-state index >= 15 is 0 Å². The molecule has 0 aromatic heterocycles. The lowest BCUT2D eigenvalue weighted by Gasteiger charge is -2.27. The van der Waals surface area contributed by atoms with Crippen molar-refractivity contribution in [1.82, 2.24) is 10.2 Å². The molecule has 0 saturated carbocycles. The quantitative estimate of drug-likeness (QED) is 0.830. The highest BCUT2D eigenvalue weighted by atomic mass is 16.6. The number of carbonyl (C=O) groups is 1. The first-order valence-corrected chi connectivity index (χ1v) is 7.10. The molecular formula is C15H20N2O3. The molecule has 0 aliphatic carbocycles. The van der Waals surface area contributed by atoms with Crippen LogP contribution in [0.4, 0.5) is 0 Å². The molecule has 1 N–H and O–H groups in total. The molecule has 3 rings (SSSR count). The molecule has 1 aromatic carbocycles. The van der Waals surface area contributed by atoms with Gasteiger partial charge in [-0.3, -0.25) is 9.69 Å². The summed E-state index contributed by atoms with van der Waals surface area (Å²) in [6, 6.07) is 3.73. The summed E-state index contributed by atoms with van der Waals surface area (Å²) >= 11 is 0. The number of nitrogens with one attached hydrogen (secondary N) is 1. The number of ketones is 1. The predicted molar refractivity (Wildman–Crippen MR) is 75.8 cm³/mol. The van der Waals surface area contributed by atoms with Crippen LogP contribution in [0, 0.1) is 6.92 Å². The van der Waals surface area contributed by atoms with Crippen LogP contribution in [-0.2, 0) is 0 Å². The molecule has 0 atom stereocenters. The number of hydrogen-bond donors (Lipinski definition) is 1. The number of carbonyl (C=O) groups excluding carboxylic acids is 1. The first-order chi connectivity index (χ1) is 9.74. The Morgan fingerprint density at radius 3 is 2.55 bits per heavy atom. The molecule has 1 saturated heterocycles. The zero-order valence-electron chi connectivity index (χ0n) is 11.8. The summed E-state index contributed by atoms with van der Waals surface area (Å²) in [4.78, 5) is 14.7. The second-order valence-electron chi connectivity index (χ2n) is 5.26. The molecule has 5 heteroatoms. The Kier molecular flexibility index (Phi) is 3.89. The number of rotatable bonds is 3. The van der Waals surface area contributed by atoms with Gasteiger partial charge in [0, 0.05) is 31.7 Å². The summed E-state index contributed by atoms with van der Waals surface area (Å²) in [7, 11) is 0. The van der Waals surface area contributed by atoms with E-state index in [1.165, 1.54) is 0 Å². The van der Waals surface area contributed by atoms with Crippen LogP contribution in [-0.4, -0.2) is 56.6 Å². The molecule has 1 fully saturated rings. The SMILES string of the molecule is Cc1cc2c(cc1C(=O)CN1CCNCC1)OCCO2. The van der Waals surface area contributed by atoms with Gasteiger partial charge in [0.25, 0.3) is 0 Å². The van der Waals surface area contributed by atoms with Crippen LogP contribution >= 0.6 is 0 Å². The largest absolute Gasteiger partial charge is 0.486 e. The smallest absolute Gasteiger partial charge is 0.177 e. The maximum atomic E-state index is 12.5. The maximum absolute atomic E-state index is 12.5. The van der Waals surface area contributed by atoms with Crippen LogP contribution in [0.25, 0.3) is 0 Å². The van der Waals surface area contributed by atoms with E-state index in [1.54, 1.807) is 0 Å². The lowest BCUT2D eigenvalue weighted by molar-refractivity contribution is 0.0919. The number of fused-ring (bicyclic) bond motifs is 1. The number of ether oxygens (including phenoxy) is 2. The molecular weight excluding hydrogens is 256 g/mol. The van der Waals surface area contributed by atoms with Crippen molar-refractivity contribution in [3.63, 3.8) is 0 Å². The van der Waals surface area contributed by atoms with Crippen molar-refractivity contribution in [3.05, 3.63) is 23.3 Å². The molecule has 20 heavy (non-hydrogen) atoms. The number of Topliss-reactive ketones (excluding diaryl/α,β-unsaturated/α-hetero) is 1. The Balaban J connectivity index is 1.76. The van der Waals surface area contributed by atoms with Gasteiger partial charge < -0.3 is 14.8 Å². The molecule has 0 radical (unpaired) electrons. The van der Waals surface area contributed by atoms with E-state index in [2.05, 4.69) is 10.2 Å². The summed E-state index contributed by atoms with van der Waals surface area (Å²) in [5.41, 5.74) is 1.70. The van der Waals surface area contributed by atoms with Gasteiger partial charge in [-0.2, -0.15) is 0 Å². The zero-order valence-corrected chi connectivity index (χ0v) is 11.8. The molecule has 2 heterocycles. The van der Waals surface area contributed by atoms with Gasteiger partial charge >= 0.3 is 0 Å². The highest BCUT2D eigenvalue weighted by Crippen LogP contribution is 2.33. The molecule has 0 amide bonds. The summed E-state index contributed by atoms with van der Waals surface area (Å²) in [5.74, 6) is 1.58. The molecule has 108 valence electrons. The van der Waals surface area contributed by atoms with Gasteiger partial charge in [-0.1, -0.05) is 0 Å². The third-order valence-corrected chi connectivity index (χ3v) is 3.77. The Labute approximate surface area is 118 Å². The van der Waals surface area contributed by atoms with Gasteiger partial charge in [0.15, 0.2) is 17.3 Å². The first kappa shape index (κ1) is 13.4. The van der Waals surface area contributed by atoms with Gasteiger partial charge in [0.1, 0.15) is 13.2 Å². The second kappa shape index (κ2) is 5.81. The maximum Gasteiger partial charge on any atom is 0.177 e. The topological polar surface area (TPSA) is 50.8 Å². The third-order valence-electron chi connectivity index (χ3n) is 3.77. The third kappa shape index (κ3) is 2.78. The van der Waals surface area contributed by atoms with Crippen molar-refractivity contribution in [2.45, 2.75) is 6.92 Å². The van der Waals surface area contributed by atoms with Crippen molar-refractivity contribution >= 4 is 5.78 Å². The van der Waals surface area contributed by atoms with E-state index in [-0.39, 0.29) is 5.78 Å². The molecule has 0 bridgehead atoms. The normalized spacial score (nSPS) is 18.9. The second-order valence-corrected chi connectivity index (χ2v) is 5.26. The highest BCUT2D eigenvalue weighted by Gasteiger charge is 2.20. The Bertz CT molecular complexity index is 510. The van der Waals surface area contributed by atoms with Crippen LogP contribution in [0.15, 0.2) is 12.1 Å². The van der Waals surface area contributed by atoms with Gasteiger partial charge in [0.05, 0.1) is 6.54 Å². The summed E-state index contributed by atoms with van der Waals surface area (Å²) in [5, 5.41) is 3.29. The Morgan fingerprint density at radius 1 is 1.20 bits per heavy atom. The van der Waals surface area contributed by atoms with Crippen LogP contribution < -0.4 is 14.8 Å². The average molecular weight is 276 g/mol. The number of benzene rings is 1. The lowest BCUT2D eigenvalue weighted by Crippen LogP contribution is -2.45. The number of aryl methyl sites for hydroxylation is 1. The van der Waals surface area contributed by atoms with Crippen LogP contribution in [0.2, 0.25) is 0 Å². The van der Waals surface area contributed by atoms with E-state index in [4.69, 9.17) is 9.47 Å². The van der Waals surface area contributed by atoms with Gasteiger partial charge in [-0.25, -0.2) is 0 Å². The van der Waals surface area contributed by atoms with Crippen molar-refractivity contribution in [2.24, 2.45) is 0 Å².